The number of hydrogen-bond donors (Lipinski definition) is 1. The van der Waals surface area contributed by atoms with Crippen LogP contribution in [0.4, 0.5) is 10.5 Å². The average Bonchev–Trinajstić information content (AvgIpc) is 3.09. The number of ether oxygens (including phenoxy) is 1. The van der Waals surface area contributed by atoms with E-state index in [4.69, 9.17) is 51.1 Å². The normalized spacial score (nSPS) is 14.4. The zero-order chi connectivity index (χ0) is 25.8. The minimum Gasteiger partial charge on any atom is -0.482 e. The molecule has 1 heterocycles. The predicted octanol–water partition coefficient (Wildman–Crippen LogP) is 7.55. The summed E-state index contributed by atoms with van der Waals surface area (Å²) < 4.78 is 5.51. The minimum atomic E-state index is -0.439. The Morgan fingerprint density at radius 1 is 0.917 bits per heavy atom. The topological polar surface area (TPSA) is 75.7 Å². The smallest absolute Gasteiger partial charge is 0.293 e. The molecule has 0 unspecified atom stereocenters. The maximum atomic E-state index is 12.8. The summed E-state index contributed by atoms with van der Waals surface area (Å²) in [4.78, 5) is 38.8. The molecular formula is C25H16Cl4N2O4S. The lowest BCUT2D eigenvalue weighted by Crippen LogP contribution is -2.27. The second kappa shape index (κ2) is 11.6. The van der Waals surface area contributed by atoms with E-state index in [1.807, 2.05) is 0 Å². The number of hydrogen-bond acceptors (Lipinski definition) is 5. The van der Waals surface area contributed by atoms with Gasteiger partial charge in [0.1, 0.15) is 5.75 Å². The van der Waals surface area contributed by atoms with Gasteiger partial charge in [0.2, 0.25) is 0 Å². The van der Waals surface area contributed by atoms with E-state index < -0.39 is 11.1 Å². The second-order valence-corrected chi connectivity index (χ2v) is 10.2. The van der Waals surface area contributed by atoms with Gasteiger partial charge in [-0.25, -0.2) is 0 Å². The van der Waals surface area contributed by atoms with Gasteiger partial charge < -0.3 is 10.1 Å². The molecule has 3 aromatic rings. The molecule has 6 nitrogen and oxygen atoms in total. The number of benzene rings is 3. The van der Waals surface area contributed by atoms with Gasteiger partial charge in [-0.1, -0.05) is 58.5 Å². The van der Waals surface area contributed by atoms with Crippen LogP contribution >= 0.6 is 58.2 Å². The van der Waals surface area contributed by atoms with E-state index in [2.05, 4.69) is 5.32 Å². The molecule has 3 amide bonds. The minimum absolute atomic E-state index is 0.0314. The highest BCUT2D eigenvalue weighted by molar-refractivity contribution is 8.18. The van der Waals surface area contributed by atoms with Crippen molar-refractivity contribution in [3.8, 4) is 5.75 Å². The van der Waals surface area contributed by atoms with E-state index in [9.17, 15) is 14.4 Å². The average molecular weight is 582 g/mol. The monoisotopic (exact) mass is 580 g/mol. The Balaban J connectivity index is 1.39. The largest absolute Gasteiger partial charge is 0.482 e. The van der Waals surface area contributed by atoms with Gasteiger partial charge in [0, 0.05) is 20.8 Å². The SMILES string of the molecule is O=C(COc1ccc(/C=C2\SC(=O)N(Cc3ccc(Cl)cc3Cl)C2=O)cc1Cl)Nc1ccc(Cl)cc1. The molecule has 0 aliphatic carbocycles. The van der Waals surface area contributed by atoms with Crippen LogP contribution in [0.1, 0.15) is 11.1 Å². The molecular weight excluding hydrogens is 566 g/mol. The van der Waals surface area contributed by atoms with Gasteiger partial charge in [-0.2, -0.15) is 0 Å². The molecule has 0 radical (unpaired) electrons. The molecule has 11 heteroatoms. The molecule has 3 aromatic carbocycles. The van der Waals surface area contributed by atoms with Gasteiger partial charge in [-0.15, -0.1) is 0 Å². The maximum Gasteiger partial charge on any atom is 0.293 e. The van der Waals surface area contributed by atoms with Crippen molar-refractivity contribution in [1.82, 2.24) is 4.90 Å². The Kier molecular flexibility index (Phi) is 8.49. The molecule has 1 fully saturated rings. The van der Waals surface area contributed by atoms with Crippen LogP contribution in [0.15, 0.2) is 65.6 Å². The van der Waals surface area contributed by atoms with Crippen molar-refractivity contribution in [2.75, 3.05) is 11.9 Å². The Morgan fingerprint density at radius 2 is 1.64 bits per heavy atom. The van der Waals surface area contributed by atoms with E-state index in [1.165, 1.54) is 0 Å². The Bertz CT molecular complexity index is 1380. The van der Waals surface area contributed by atoms with Crippen molar-refractivity contribution in [3.63, 3.8) is 0 Å². The molecule has 36 heavy (non-hydrogen) atoms. The van der Waals surface area contributed by atoms with Crippen LogP contribution in [-0.2, 0) is 16.1 Å². The first-order chi connectivity index (χ1) is 17.2. The van der Waals surface area contributed by atoms with Crippen molar-refractivity contribution in [1.29, 1.82) is 0 Å². The van der Waals surface area contributed by atoms with Crippen molar-refractivity contribution in [3.05, 3.63) is 96.8 Å². The summed E-state index contributed by atoms with van der Waals surface area (Å²) in [5, 5.41) is 3.92. The molecule has 1 saturated heterocycles. The summed E-state index contributed by atoms with van der Waals surface area (Å²) >= 11 is 25.1. The molecule has 0 saturated carbocycles. The van der Waals surface area contributed by atoms with E-state index in [0.29, 0.717) is 37.6 Å². The fourth-order valence-corrected chi connectivity index (χ4v) is 4.88. The van der Waals surface area contributed by atoms with Crippen LogP contribution in [0.2, 0.25) is 20.1 Å². The highest BCUT2D eigenvalue weighted by atomic mass is 35.5. The summed E-state index contributed by atoms with van der Waals surface area (Å²) in [6.45, 7) is -0.225. The maximum absolute atomic E-state index is 12.8. The molecule has 1 N–H and O–H groups in total. The van der Waals surface area contributed by atoms with Crippen molar-refractivity contribution < 1.29 is 19.1 Å². The van der Waals surface area contributed by atoms with Gasteiger partial charge >= 0.3 is 0 Å². The van der Waals surface area contributed by atoms with Gasteiger partial charge in [-0.05, 0) is 77.5 Å². The highest BCUT2D eigenvalue weighted by Crippen LogP contribution is 2.35. The molecule has 4 rings (SSSR count). The number of thioether (sulfide) groups is 1. The third-order valence-corrected chi connectivity index (χ3v) is 7.00. The van der Waals surface area contributed by atoms with Crippen LogP contribution in [0.25, 0.3) is 6.08 Å². The summed E-state index contributed by atoms with van der Waals surface area (Å²) in [6.07, 6.45) is 1.57. The molecule has 184 valence electrons. The van der Waals surface area contributed by atoms with Gasteiger partial charge in [0.15, 0.2) is 6.61 Å². The molecule has 0 spiro atoms. The second-order valence-electron chi connectivity index (χ2n) is 7.54. The third kappa shape index (κ3) is 6.55. The first-order valence-electron chi connectivity index (χ1n) is 10.4. The van der Waals surface area contributed by atoms with E-state index in [1.54, 1.807) is 66.7 Å². The Hall–Kier alpha value is -2.68. The number of carbonyl (C=O) groups excluding carboxylic acids is 3. The van der Waals surface area contributed by atoms with Gasteiger partial charge in [0.05, 0.1) is 16.5 Å². The van der Waals surface area contributed by atoms with Crippen LogP contribution in [0, 0.1) is 0 Å². The lowest BCUT2D eigenvalue weighted by atomic mass is 10.2. The number of halogens is 4. The zero-order valence-electron chi connectivity index (χ0n) is 18.3. The molecule has 0 aromatic heterocycles. The number of nitrogens with one attached hydrogen (secondary N) is 1. The van der Waals surface area contributed by atoms with Crippen LogP contribution in [0.3, 0.4) is 0 Å². The summed E-state index contributed by atoms with van der Waals surface area (Å²) in [7, 11) is 0. The number of nitrogens with zero attached hydrogens (tertiary/aromatic N) is 1. The lowest BCUT2D eigenvalue weighted by molar-refractivity contribution is -0.123. The van der Waals surface area contributed by atoms with Crippen LogP contribution in [-0.4, -0.2) is 28.6 Å². The predicted molar refractivity (Wildman–Crippen MR) is 145 cm³/mol. The van der Waals surface area contributed by atoms with Crippen molar-refractivity contribution in [2.24, 2.45) is 0 Å². The molecule has 0 bridgehead atoms. The number of rotatable bonds is 7. The number of anilines is 1. The first kappa shape index (κ1) is 26.4. The number of amides is 3. The summed E-state index contributed by atoms with van der Waals surface area (Å²) in [5.74, 6) is -0.510. The summed E-state index contributed by atoms with van der Waals surface area (Å²) in [5.41, 5.74) is 1.78. The molecule has 1 aliphatic rings. The van der Waals surface area contributed by atoms with Crippen LogP contribution in [0.5, 0.6) is 5.75 Å². The van der Waals surface area contributed by atoms with Gasteiger partial charge in [0.25, 0.3) is 17.1 Å². The van der Waals surface area contributed by atoms with Crippen molar-refractivity contribution in [2.45, 2.75) is 6.54 Å². The fraction of sp³-hybridized carbons (Fsp3) is 0.0800. The first-order valence-corrected chi connectivity index (χ1v) is 12.7. The van der Waals surface area contributed by atoms with Crippen molar-refractivity contribution >= 4 is 87.0 Å². The number of imide groups is 1. The van der Waals surface area contributed by atoms with Crippen LogP contribution < -0.4 is 10.1 Å². The number of carbonyl (C=O) groups is 3. The molecule has 1 aliphatic heterocycles. The standard InChI is InChI=1S/C25H16Cl4N2O4S/c26-16-4-6-18(7-5-16)30-23(32)13-35-21-8-1-14(9-20(21)29)10-22-24(33)31(25(34)36-22)12-15-2-3-17(27)11-19(15)28/h1-11H,12-13H2,(H,30,32)/b22-10-. The van der Waals surface area contributed by atoms with E-state index in [0.717, 1.165) is 16.7 Å². The van der Waals surface area contributed by atoms with E-state index >= 15 is 0 Å². The lowest BCUT2D eigenvalue weighted by Gasteiger charge is -2.13. The third-order valence-electron chi connectivity index (χ3n) is 4.96. The van der Waals surface area contributed by atoms with E-state index in [-0.39, 0.29) is 29.0 Å². The molecule has 0 atom stereocenters. The van der Waals surface area contributed by atoms with Gasteiger partial charge in [-0.3, -0.25) is 19.3 Å². The highest BCUT2D eigenvalue weighted by Gasteiger charge is 2.35. The fourth-order valence-electron chi connectivity index (χ4n) is 3.21. The zero-order valence-corrected chi connectivity index (χ0v) is 22.1. The Morgan fingerprint density at radius 3 is 2.33 bits per heavy atom. The summed E-state index contributed by atoms with van der Waals surface area (Å²) in [6, 6.07) is 16.4. The quantitative estimate of drug-likeness (QED) is 0.291. The Labute approximate surface area is 231 Å².